The fraction of sp³-hybridized carbons (Fsp3) is 0.917. The van der Waals surface area contributed by atoms with E-state index in [0.29, 0.717) is 0 Å². The van der Waals surface area contributed by atoms with Crippen molar-refractivity contribution < 1.29 is 14.3 Å². The second-order valence-corrected chi connectivity index (χ2v) is 5.29. The molecule has 3 heteroatoms. The molecule has 3 aliphatic rings. The van der Waals surface area contributed by atoms with Gasteiger partial charge in [0.05, 0.1) is 0 Å². The Balaban J connectivity index is 1.60. The summed E-state index contributed by atoms with van der Waals surface area (Å²) in [6.45, 7) is 1.89. The molecule has 0 aromatic rings. The summed E-state index contributed by atoms with van der Waals surface area (Å²) < 4.78 is 11.1. The van der Waals surface area contributed by atoms with Crippen molar-refractivity contribution >= 4 is 5.97 Å². The van der Waals surface area contributed by atoms with Crippen molar-refractivity contribution in [1.82, 2.24) is 0 Å². The van der Waals surface area contributed by atoms with Gasteiger partial charge in [0.2, 0.25) is 0 Å². The molecule has 1 spiro atoms. The normalized spacial score (nSPS) is 37.7. The number of carbonyl (C=O) groups excluding carboxylic acids is 1. The van der Waals surface area contributed by atoms with E-state index in [4.69, 9.17) is 9.47 Å². The lowest BCUT2D eigenvalue weighted by Gasteiger charge is -2.24. The third-order valence-electron chi connectivity index (χ3n) is 4.35. The Hall–Kier alpha value is -0.570. The number of esters is 1. The Morgan fingerprint density at radius 1 is 1.27 bits per heavy atom. The Kier molecular flexibility index (Phi) is 1.91. The fourth-order valence-corrected chi connectivity index (χ4v) is 2.94. The van der Waals surface area contributed by atoms with Crippen molar-refractivity contribution in [2.24, 2.45) is 0 Å². The van der Waals surface area contributed by atoms with Gasteiger partial charge in [-0.1, -0.05) is 0 Å². The summed E-state index contributed by atoms with van der Waals surface area (Å²) in [5.41, 5.74) is -0.726. The molecule has 1 heterocycles. The molecular weight excluding hydrogens is 192 g/mol. The molecule has 2 aliphatic carbocycles. The maximum absolute atomic E-state index is 11.9. The monoisotopic (exact) mass is 210 g/mol. The highest BCUT2D eigenvalue weighted by atomic mass is 16.7. The molecule has 1 saturated heterocycles. The topological polar surface area (TPSA) is 38.8 Å². The van der Waals surface area contributed by atoms with Gasteiger partial charge in [-0.3, -0.25) is 0 Å². The molecule has 1 unspecified atom stereocenters. The predicted octanol–water partition coefficient (Wildman–Crippen LogP) is 2.18. The van der Waals surface area contributed by atoms with Gasteiger partial charge in [0.1, 0.15) is 11.7 Å². The molecular formula is C12H18O3. The molecule has 0 bridgehead atoms. The second kappa shape index (κ2) is 2.97. The van der Waals surface area contributed by atoms with Crippen LogP contribution in [0.3, 0.4) is 0 Å². The van der Waals surface area contributed by atoms with Gasteiger partial charge in [0.25, 0.3) is 0 Å². The van der Waals surface area contributed by atoms with Gasteiger partial charge in [0.15, 0.2) is 5.60 Å². The molecule has 3 rings (SSSR count). The predicted molar refractivity (Wildman–Crippen MR) is 54.4 cm³/mol. The van der Waals surface area contributed by atoms with E-state index in [1.165, 1.54) is 19.3 Å². The number of carbonyl (C=O) groups is 1. The van der Waals surface area contributed by atoms with E-state index in [0.717, 1.165) is 25.7 Å². The zero-order chi connectivity index (χ0) is 10.5. The molecule has 15 heavy (non-hydrogen) atoms. The molecule has 0 aromatic carbocycles. The average molecular weight is 210 g/mol. The van der Waals surface area contributed by atoms with Gasteiger partial charge in [-0.15, -0.1) is 0 Å². The van der Waals surface area contributed by atoms with Crippen LogP contribution >= 0.6 is 0 Å². The lowest BCUT2D eigenvalue weighted by Crippen LogP contribution is -2.38. The van der Waals surface area contributed by atoms with Gasteiger partial charge in [-0.25, -0.2) is 4.79 Å². The molecule has 0 amide bonds. The molecule has 84 valence electrons. The first-order valence-corrected chi connectivity index (χ1v) is 6.08. The highest BCUT2D eigenvalue weighted by Gasteiger charge is 2.74. The number of rotatable bonds is 2. The van der Waals surface area contributed by atoms with Gasteiger partial charge < -0.3 is 9.47 Å². The molecule has 0 radical (unpaired) electrons. The van der Waals surface area contributed by atoms with Crippen LogP contribution in [0.2, 0.25) is 0 Å². The number of ether oxygens (including phenoxy) is 2. The Bertz CT molecular complexity index is 289. The van der Waals surface area contributed by atoms with Gasteiger partial charge in [0, 0.05) is 0 Å². The molecule has 0 N–H and O–H groups in total. The Labute approximate surface area is 90.1 Å². The van der Waals surface area contributed by atoms with Crippen LogP contribution in [-0.2, 0) is 14.3 Å². The van der Waals surface area contributed by atoms with E-state index in [-0.39, 0.29) is 17.7 Å². The van der Waals surface area contributed by atoms with Crippen molar-refractivity contribution in [1.29, 1.82) is 0 Å². The third-order valence-corrected chi connectivity index (χ3v) is 4.35. The minimum Gasteiger partial charge on any atom is -0.460 e. The lowest BCUT2D eigenvalue weighted by molar-refractivity contribution is -0.154. The quantitative estimate of drug-likeness (QED) is 0.518. The van der Waals surface area contributed by atoms with Crippen molar-refractivity contribution in [3.05, 3.63) is 0 Å². The van der Waals surface area contributed by atoms with E-state index < -0.39 is 5.60 Å². The first-order chi connectivity index (χ1) is 7.16. The van der Waals surface area contributed by atoms with Crippen LogP contribution in [0.15, 0.2) is 0 Å². The standard InChI is InChI=1S/C12H18O3/c1-11(12(15-11)7-4-8-12)10(13)14-9-5-2-3-6-9/h9H,2-8H2,1H3. The van der Waals surface area contributed by atoms with Crippen LogP contribution in [0.5, 0.6) is 0 Å². The molecule has 3 nitrogen and oxygen atoms in total. The zero-order valence-corrected chi connectivity index (χ0v) is 9.25. The summed E-state index contributed by atoms with van der Waals surface area (Å²) in [5, 5.41) is 0. The van der Waals surface area contributed by atoms with Crippen LogP contribution in [0.4, 0.5) is 0 Å². The minimum atomic E-state index is -0.603. The first kappa shape index (κ1) is 9.64. The van der Waals surface area contributed by atoms with Crippen LogP contribution < -0.4 is 0 Å². The third kappa shape index (κ3) is 1.25. The maximum atomic E-state index is 11.9. The van der Waals surface area contributed by atoms with E-state index >= 15 is 0 Å². The summed E-state index contributed by atoms with van der Waals surface area (Å²) in [6, 6.07) is 0. The molecule has 0 aromatic heterocycles. The highest BCUT2D eigenvalue weighted by Crippen LogP contribution is 2.60. The summed E-state index contributed by atoms with van der Waals surface area (Å²) in [5.74, 6) is -0.117. The summed E-state index contributed by atoms with van der Waals surface area (Å²) in [6.07, 6.45) is 7.87. The summed E-state index contributed by atoms with van der Waals surface area (Å²) in [4.78, 5) is 11.9. The van der Waals surface area contributed by atoms with E-state index in [9.17, 15) is 4.79 Å². The van der Waals surface area contributed by atoms with Crippen molar-refractivity contribution in [3.8, 4) is 0 Å². The largest absolute Gasteiger partial charge is 0.460 e. The van der Waals surface area contributed by atoms with E-state index in [1.807, 2.05) is 6.92 Å². The fourth-order valence-electron chi connectivity index (χ4n) is 2.94. The van der Waals surface area contributed by atoms with Crippen LogP contribution in [0.1, 0.15) is 51.9 Å². The number of epoxide rings is 1. The molecule has 3 fully saturated rings. The van der Waals surface area contributed by atoms with Gasteiger partial charge in [-0.2, -0.15) is 0 Å². The highest BCUT2D eigenvalue weighted by molar-refractivity contribution is 5.84. The van der Waals surface area contributed by atoms with Gasteiger partial charge >= 0.3 is 5.97 Å². The summed E-state index contributed by atoms with van der Waals surface area (Å²) in [7, 11) is 0. The van der Waals surface area contributed by atoms with Crippen LogP contribution in [-0.4, -0.2) is 23.3 Å². The van der Waals surface area contributed by atoms with E-state index in [2.05, 4.69) is 0 Å². The Morgan fingerprint density at radius 3 is 2.40 bits per heavy atom. The number of hydrogen-bond acceptors (Lipinski definition) is 3. The zero-order valence-electron chi connectivity index (χ0n) is 9.25. The van der Waals surface area contributed by atoms with Crippen molar-refractivity contribution in [2.45, 2.75) is 69.2 Å². The van der Waals surface area contributed by atoms with Gasteiger partial charge in [-0.05, 0) is 51.9 Å². The SMILES string of the molecule is CC1(C(=O)OC2CCCC2)OC12CCC2. The number of hydrogen-bond donors (Lipinski definition) is 0. The summed E-state index contributed by atoms with van der Waals surface area (Å²) >= 11 is 0. The van der Waals surface area contributed by atoms with Crippen molar-refractivity contribution in [2.75, 3.05) is 0 Å². The van der Waals surface area contributed by atoms with Crippen LogP contribution in [0.25, 0.3) is 0 Å². The lowest BCUT2D eigenvalue weighted by atomic mass is 9.76. The van der Waals surface area contributed by atoms with Crippen LogP contribution in [0, 0.1) is 0 Å². The Morgan fingerprint density at radius 2 is 1.93 bits per heavy atom. The second-order valence-electron chi connectivity index (χ2n) is 5.29. The molecule has 1 atom stereocenters. The average Bonchev–Trinajstić information content (AvgIpc) is 2.55. The maximum Gasteiger partial charge on any atom is 0.341 e. The van der Waals surface area contributed by atoms with Crippen molar-refractivity contribution in [3.63, 3.8) is 0 Å². The molecule has 1 aliphatic heterocycles. The smallest absolute Gasteiger partial charge is 0.341 e. The minimum absolute atomic E-state index is 0.117. The van der Waals surface area contributed by atoms with E-state index in [1.54, 1.807) is 0 Å². The molecule has 2 saturated carbocycles. The first-order valence-electron chi connectivity index (χ1n) is 6.08.